The number of hydrogen-bond acceptors (Lipinski definition) is 17. The predicted octanol–water partition coefficient (Wildman–Crippen LogP) is 0.338. The molecule has 0 radical (unpaired) electrons. The molecule has 8 fully saturated rings. The fourth-order valence-corrected chi connectivity index (χ4v) is 13.7. The number of ether oxygens (including phenoxy) is 8. The Morgan fingerprint density at radius 1 is 0.758 bits per heavy atom. The minimum atomic E-state index is -1.95. The summed E-state index contributed by atoms with van der Waals surface area (Å²) in [4.78, 5) is 0. The third-order valence-electron chi connectivity index (χ3n) is 17.3. The minimum Gasteiger partial charge on any atom is -0.394 e. The molecule has 0 aromatic carbocycles. The van der Waals surface area contributed by atoms with Crippen LogP contribution in [0.25, 0.3) is 0 Å². The second-order valence-corrected chi connectivity index (χ2v) is 20.7. The van der Waals surface area contributed by atoms with E-state index in [4.69, 9.17) is 37.9 Å². The largest absolute Gasteiger partial charge is 0.394 e. The lowest BCUT2D eigenvalue weighted by atomic mass is 9.47. The zero-order chi connectivity index (χ0) is 44.2. The Labute approximate surface area is 362 Å². The molecule has 13 unspecified atom stereocenters. The molecule has 9 rings (SSSR count). The molecular weight excluding hydrogens is 812 g/mol. The molecule has 62 heavy (non-hydrogen) atoms. The van der Waals surface area contributed by atoms with Gasteiger partial charge in [-0.1, -0.05) is 38.5 Å². The van der Waals surface area contributed by atoms with Gasteiger partial charge in [-0.3, -0.25) is 0 Å². The first kappa shape index (κ1) is 45.9. The molecule has 0 aromatic heterocycles. The summed E-state index contributed by atoms with van der Waals surface area (Å²) in [6.45, 7) is 13.0. The summed E-state index contributed by atoms with van der Waals surface area (Å²) < 4.78 is 49.4. The molecule has 3 saturated carbocycles. The summed E-state index contributed by atoms with van der Waals surface area (Å²) in [5, 5.41) is 95.6. The van der Waals surface area contributed by atoms with Crippen molar-refractivity contribution < 1.29 is 83.9 Å². The van der Waals surface area contributed by atoms with Crippen LogP contribution < -0.4 is 0 Å². The van der Waals surface area contributed by atoms with E-state index >= 15 is 0 Å². The van der Waals surface area contributed by atoms with E-state index in [2.05, 4.69) is 39.5 Å². The monoisotopic (exact) mass is 882 g/mol. The maximum Gasteiger partial charge on any atom is 0.189 e. The van der Waals surface area contributed by atoms with E-state index in [0.717, 1.165) is 51.6 Å². The van der Waals surface area contributed by atoms with Crippen molar-refractivity contribution in [1.29, 1.82) is 0 Å². The van der Waals surface area contributed by atoms with Crippen molar-refractivity contribution in [2.75, 3.05) is 13.2 Å². The number of rotatable bonds is 8. The smallest absolute Gasteiger partial charge is 0.189 e. The number of fused-ring (bicyclic) bond motifs is 7. The molecule has 4 aliphatic carbocycles. The third-order valence-corrected chi connectivity index (χ3v) is 17.3. The molecule has 5 saturated heterocycles. The van der Waals surface area contributed by atoms with Crippen molar-refractivity contribution in [2.24, 2.45) is 46.3 Å². The lowest BCUT2D eigenvalue weighted by Gasteiger charge is -2.59. The number of aliphatic hydroxyl groups is 9. The molecule has 1 spiro atoms. The van der Waals surface area contributed by atoms with Gasteiger partial charge in [-0.25, -0.2) is 0 Å². The average molecular weight is 883 g/mol. The van der Waals surface area contributed by atoms with Crippen LogP contribution in [0, 0.1) is 46.3 Å². The van der Waals surface area contributed by atoms with Gasteiger partial charge in [0.15, 0.2) is 30.9 Å². The van der Waals surface area contributed by atoms with Crippen LogP contribution in [-0.4, -0.2) is 169 Å². The SMILES string of the molecule is C=C[C@H]1C2C(C[C@H]3[C@@H]4CC=C5CC(O[C@@H]6OC(CO)[C@@H](O[C@@H]7OC(C)[C@H](O)C(O)C7O)C(O)C6O[C@@H]6OC(O)[C@H](O)C(O)C6O)CC[C@]5(C)[C@H]4CC[C@]23C)OC12CC[C@@H](C)CO2. The summed E-state index contributed by atoms with van der Waals surface area (Å²) in [6.07, 6.45) is -11.6. The van der Waals surface area contributed by atoms with Crippen molar-refractivity contribution >= 4 is 0 Å². The predicted molar refractivity (Wildman–Crippen MR) is 214 cm³/mol. The molecule has 0 aromatic rings. The van der Waals surface area contributed by atoms with Gasteiger partial charge < -0.3 is 83.9 Å². The second kappa shape index (κ2) is 17.1. The van der Waals surface area contributed by atoms with Crippen LogP contribution in [0.1, 0.15) is 85.5 Å². The van der Waals surface area contributed by atoms with Gasteiger partial charge in [0.05, 0.1) is 31.5 Å². The van der Waals surface area contributed by atoms with Crippen LogP contribution in [0.5, 0.6) is 0 Å². The van der Waals surface area contributed by atoms with E-state index in [1.165, 1.54) is 12.5 Å². The Bertz CT molecular complexity index is 1640. The lowest BCUT2D eigenvalue weighted by Crippen LogP contribution is -2.66. The molecule has 9 N–H and O–H groups in total. The molecule has 0 amide bonds. The average Bonchev–Trinajstić information content (AvgIpc) is 3.72. The molecule has 5 heterocycles. The van der Waals surface area contributed by atoms with E-state index in [9.17, 15) is 46.0 Å². The van der Waals surface area contributed by atoms with Gasteiger partial charge in [0, 0.05) is 18.3 Å². The van der Waals surface area contributed by atoms with Crippen LogP contribution >= 0.6 is 0 Å². The topological polar surface area (TPSA) is 256 Å². The first-order valence-electron chi connectivity index (χ1n) is 23.1. The molecule has 17 heteroatoms. The van der Waals surface area contributed by atoms with Crippen LogP contribution in [-0.2, 0) is 37.9 Å². The van der Waals surface area contributed by atoms with Gasteiger partial charge in [0.1, 0.15) is 61.0 Å². The zero-order valence-electron chi connectivity index (χ0n) is 36.2. The summed E-state index contributed by atoms with van der Waals surface area (Å²) in [5.74, 6) is 1.99. The highest BCUT2D eigenvalue weighted by atomic mass is 16.8. The first-order valence-corrected chi connectivity index (χ1v) is 23.1. The Hall–Kier alpha value is -1.20. The standard InChI is InChI=1S/C45H70O17/c1-6-24-29-27(62-45(24)14-9-19(2)18-55-45)16-26-23-8-7-21-15-22(10-12-43(21,4)25(23)11-13-44(26,29)5)57-42-38(60-41-35(52)32(49)33(50)39(54)61-41)36(53)37(28(17-46)58-42)59-40-34(51)31(48)30(47)20(3)56-40/h6-7,19-20,22-42,46-54H,1,8-18H2,2-5H3/t19-,20?,22?,23-,24+,25+,26+,27?,28?,29?,30+,31?,32?,33-,34?,35?,36?,37-,38?,39?,40+,41-,42-,43+,44+,45?/m1/s1. The molecule has 0 bridgehead atoms. The van der Waals surface area contributed by atoms with Crippen LogP contribution in [0.3, 0.4) is 0 Å². The fourth-order valence-electron chi connectivity index (χ4n) is 13.7. The van der Waals surface area contributed by atoms with E-state index < -0.39 is 111 Å². The van der Waals surface area contributed by atoms with E-state index in [0.29, 0.717) is 42.4 Å². The molecule has 17 nitrogen and oxygen atoms in total. The highest BCUT2D eigenvalue weighted by molar-refractivity contribution is 5.27. The summed E-state index contributed by atoms with van der Waals surface area (Å²) >= 11 is 0. The Morgan fingerprint density at radius 2 is 1.47 bits per heavy atom. The van der Waals surface area contributed by atoms with Gasteiger partial charge in [0.25, 0.3) is 0 Å². The van der Waals surface area contributed by atoms with Gasteiger partial charge in [-0.05, 0) is 92.8 Å². The number of hydrogen-bond donors (Lipinski definition) is 9. The van der Waals surface area contributed by atoms with Gasteiger partial charge in [0.2, 0.25) is 0 Å². The van der Waals surface area contributed by atoms with Crippen molar-refractivity contribution in [3.05, 3.63) is 24.3 Å². The van der Waals surface area contributed by atoms with Crippen molar-refractivity contribution in [1.82, 2.24) is 0 Å². The Morgan fingerprint density at radius 3 is 2.16 bits per heavy atom. The van der Waals surface area contributed by atoms with Crippen molar-refractivity contribution in [3.8, 4) is 0 Å². The second-order valence-electron chi connectivity index (χ2n) is 20.7. The van der Waals surface area contributed by atoms with Gasteiger partial charge >= 0.3 is 0 Å². The molecule has 9 aliphatic rings. The van der Waals surface area contributed by atoms with E-state index in [-0.39, 0.29) is 22.9 Å². The molecule has 26 atom stereocenters. The van der Waals surface area contributed by atoms with Crippen molar-refractivity contribution in [3.63, 3.8) is 0 Å². The first-order chi connectivity index (χ1) is 29.4. The van der Waals surface area contributed by atoms with Crippen LogP contribution in [0.4, 0.5) is 0 Å². The number of aliphatic hydroxyl groups excluding tert-OH is 9. The quantitative estimate of drug-likeness (QED) is 0.149. The van der Waals surface area contributed by atoms with Gasteiger partial charge in [-0.15, -0.1) is 6.58 Å². The lowest BCUT2D eigenvalue weighted by molar-refractivity contribution is -0.400. The maximum atomic E-state index is 11.9. The van der Waals surface area contributed by atoms with E-state index in [1.807, 2.05) is 0 Å². The Balaban J connectivity index is 0.920. The number of allylic oxidation sites excluding steroid dienone is 1. The van der Waals surface area contributed by atoms with Gasteiger partial charge in [-0.2, -0.15) is 0 Å². The third kappa shape index (κ3) is 7.41. The normalized spacial score (nSPS) is 57.6. The Kier molecular flexibility index (Phi) is 12.7. The molecule has 5 aliphatic heterocycles. The summed E-state index contributed by atoms with van der Waals surface area (Å²) in [6, 6.07) is 0. The highest BCUT2D eigenvalue weighted by Crippen LogP contribution is 2.71. The minimum absolute atomic E-state index is 0.0664. The van der Waals surface area contributed by atoms with Crippen molar-refractivity contribution in [2.45, 2.75) is 196 Å². The van der Waals surface area contributed by atoms with E-state index in [1.54, 1.807) is 0 Å². The zero-order valence-corrected chi connectivity index (χ0v) is 36.2. The van der Waals surface area contributed by atoms with Crippen LogP contribution in [0.2, 0.25) is 0 Å². The maximum absolute atomic E-state index is 11.9. The molecule has 352 valence electrons. The summed E-state index contributed by atoms with van der Waals surface area (Å²) in [5.41, 5.74) is 1.35. The highest BCUT2D eigenvalue weighted by Gasteiger charge is 2.69. The summed E-state index contributed by atoms with van der Waals surface area (Å²) in [7, 11) is 0. The fraction of sp³-hybridized carbons (Fsp3) is 0.911. The van der Waals surface area contributed by atoms with Crippen LogP contribution in [0.15, 0.2) is 24.3 Å². The molecular formula is C45H70O17.